The van der Waals surface area contributed by atoms with E-state index in [0.717, 1.165) is 23.4 Å². The summed E-state index contributed by atoms with van der Waals surface area (Å²) in [6.45, 7) is 6.70. The Bertz CT molecular complexity index is 376. The topological polar surface area (TPSA) is 0 Å². The first kappa shape index (κ1) is 16.1. The van der Waals surface area contributed by atoms with Crippen LogP contribution in [0.5, 0.6) is 0 Å². The molecule has 1 aromatic rings. The predicted molar refractivity (Wildman–Crippen MR) is 83.3 cm³/mol. The van der Waals surface area contributed by atoms with Crippen molar-refractivity contribution in [1.29, 1.82) is 0 Å². The zero-order valence-corrected chi connectivity index (χ0v) is 13.5. The highest BCUT2D eigenvalue weighted by Gasteiger charge is 2.32. The molecule has 0 spiro atoms. The fourth-order valence-corrected chi connectivity index (χ4v) is 2.95. The van der Waals surface area contributed by atoms with Crippen LogP contribution in [0.25, 0.3) is 0 Å². The first-order valence-electron chi connectivity index (χ1n) is 6.21. The highest BCUT2D eigenvalue weighted by Crippen LogP contribution is 2.37. The van der Waals surface area contributed by atoms with Gasteiger partial charge < -0.3 is 0 Å². The molecule has 18 heavy (non-hydrogen) atoms. The van der Waals surface area contributed by atoms with Gasteiger partial charge in [-0.25, -0.2) is 0 Å². The molecule has 102 valence electrons. The van der Waals surface area contributed by atoms with E-state index in [9.17, 15) is 0 Å². The first-order chi connectivity index (χ1) is 8.33. The molecule has 0 aliphatic heterocycles. The van der Waals surface area contributed by atoms with Crippen molar-refractivity contribution in [1.82, 2.24) is 0 Å². The number of halogens is 3. The summed E-state index contributed by atoms with van der Waals surface area (Å²) >= 11 is 18.5. The molecular weight excluding hydrogens is 287 g/mol. The minimum absolute atomic E-state index is 0.179. The van der Waals surface area contributed by atoms with Crippen LogP contribution in [0.15, 0.2) is 24.3 Å². The van der Waals surface area contributed by atoms with Gasteiger partial charge in [-0.15, -0.1) is 23.2 Å². The summed E-state index contributed by atoms with van der Waals surface area (Å²) in [5, 5.41) is 0.739. The molecule has 0 N–H and O–H groups in total. The molecule has 3 heteroatoms. The molecule has 0 atom stereocenters. The summed E-state index contributed by atoms with van der Waals surface area (Å²) in [5.41, 5.74) is 1.24. The molecule has 1 aromatic carbocycles. The van der Waals surface area contributed by atoms with Crippen LogP contribution in [0, 0.1) is 5.41 Å². The van der Waals surface area contributed by atoms with Gasteiger partial charge >= 0.3 is 0 Å². The summed E-state index contributed by atoms with van der Waals surface area (Å²) in [6.07, 6.45) is 2.06. The second-order valence-corrected chi connectivity index (χ2v) is 7.09. The molecule has 0 heterocycles. The van der Waals surface area contributed by atoms with E-state index in [2.05, 4.69) is 26.8 Å². The molecule has 0 saturated carbocycles. The Morgan fingerprint density at radius 1 is 1.00 bits per heavy atom. The highest BCUT2D eigenvalue weighted by atomic mass is 35.5. The molecule has 0 aromatic heterocycles. The zero-order valence-electron chi connectivity index (χ0n) is 11.3. The number of benzene rings is 1. The lowest BCUT2D eigenvalue weighted by atomic mass is 9.75. The lowest BCUT2D eigenvalue weighted by Gasteiger charge is -2.33. The van der Waals surface area contributed by atoms with Gasteiger partial charge in [-0.05, 0) is 36.0 Å². The SMILES string of the molecule is CC(C)(C)CCC(CCl)(CCl)c1cccc(Cl)c1. The number of rotatable bonds is 5. The largest absolute Gasteiger partial charge is 0.126 e. The second kappa shape index (κ2) is 6.50. The molecule has 0 aliphatic carbocycles. The van der Waals surface area contributed by atoms with Gasteiger partial charge in [0, 0.05) is 22.2 Å². The van der Waals surface area contributed by atoms with Crippen molar-refractivity contribution in [2.75, 3.05) is 11.8 Å². The minimum Gasteiger partial charge on any atom is -0.126 e. The average molecular weight is 308 g/mol. The molecule has 0 amide bonds. The van der Waals surface area contributed by atoms with E-state index in [1.165, 1.54) is 0 Å². The Balaban J connectivity index is 2.99. The van der Waals surface area contributed by atoms with Crippen molar-refractivity contribution >= 4 is 34.8 Å². The molecule has 0 nitrogen and oxygen atoms in total. The van der Waals surface area contributed by atoms with Crippen molar-refractivity contribution in [2.24, 2.45) is 5.41 Å². The molecule has 1 rings (SSSR count). The van der Waals surface area contributed by atoms with Gasteiger partial charge in [0.05, 0.1) is 0 Å². The van der Waals surface area contributed by atoms with E-state index < -0.39 is 0 Å². The van der Waals surface area contributed by atoms with Crippen molar-refractivity contribution in [2.45, 2.75) is 39.0 Å². The summed E-state index contributed by atoms with van der Waals surface area (Å²) in [7, 11) is 0. The molecule has 0 bridgehead atoms. The molecule has 0 fully saturated rings. The Hall–Kier alpha value is 0.0900. The van der Waals surface area contributed by atoms with Crippen molar-refractivity contribution in [3.63, 3.8) is 0 Å². The Kier molecular flexibility index (Phi) is 5.83. The van der Waals surface area contributed by atoms with Gasteiger partial charge in [0.15, 0.2) is 0 Å². The third-order valence-electron chi connectivity index (χ3n) is 3.30. The van der Waals surface area contributed by atoms with Crippen molar-refractivity contribution in [3.05, 3.63) is 34.9 Å². The van der Waals surface area contributed by atoms with Gasteiger partial charge in [-0.2, -0.15) is 0 Å². The standard InChI is InChI=1S/C15H21Cl3/c1-14(2,3)7-8-15(10-16,11-17)12-5-4-6-13(18)9-12/h4-6,9H,7-8,10-11H2,1-3H3. The summed E-state index contributed by atoms with van der Waals surface area (Å²) in [6, 6.07) is 7.89. The summed E-state index contributed by atoms with van der Waals surface area (Å²) in [4.78, 5) is 0. The van der Waals surface area contributed by atoms with Crippen LogP contribution in [0.1, 0.15) is 39.2 Å². The van der Waals surface area contributed by atoms with E-state index in [0.29, 0.717) is 11.8 Å². The van der Waals surface area contributed by atoms with Crippen LogP contribution < -0.4 is 0 Å². The van der Waals surface area contributed by atoms with E-state index in [1.807, 2.05) is 18.2 Å². The van der Waals surface area contributed by atoms with Crippen LogP contribution >= 0.6 is 34.8 Å². The fraction of sp³-hybridized carbons (Fsp3) is 0.600. The number of hydrogen-bond donors (Lipinski definition) is 0. The Morgan fingerprint density at radius 3 is 2.06 bits per heavy atom. The Morgan fingerprint density at radius 2 is 1.61 bits per heavy atom. The number of hydrogen-bond acceptors (Lipinski definition) is 0. The smallest absolute Gasteiger partial charge is 0.0408 e. The van der Waals surface area contributed by atoms with Crippen LogP contribution in [0.3, 0.4) is 0 Å². The third kappa shape index (κ3) is 4.33. The lowest BCUT2D eigenvalue weighted by Crippen LogP contribution is -2.32. The summed E-state index contributed by atoms with van der Waals surface area (Å²) < 4.78 is 0. The summed E-state index contributed by atoms with van der Waals surface area (Å²) in [5.74, 6) is 1.04. The lowest BCUT2D eigenvalue weighted by molar-refractivity contribution is 0.318. The van der Waals surface area contributed by atoms with E-state index >= 15 is 0 Å². The molecule has 0 saturated heterocycles. The minimum atomic E-state index is -0.179. The molecule has 0 aliphatic rings. The highest BCUT2D eigenvalue weighted by molar-refractivity contribution is 6.30. The molecule has 0 radical (unpaired) electrons. The van der Waals surface area contributed by atoms with E-state index in [4.69, 9.17) is 34.8 Å². The van der Waals surface area contributed by atoms with Crippen LogP contribution in [-0.4, -0.2) is 11.8 Å². The molecular formula is C15H21Cl3. The third-order valence-corrected chi connectivity index (χ3v) is 4.56. The second-order valence-electron chi connectivity index (χ2n) is 6.12. The predicted octanol–water partition coefficient (Wildman–Crippen LogP) is 5.88. The normalized spacial score (nSPS) is 12.8. The van der Waals surface area contributed by atoms with Gasteiger partial charge in [0.25, 0.3) is 0 Å². The van der Waals surface area contributed by atoms with Crippen molar-refractivity contribution < 1.29 is 0 Å². The molecule has 0 unspecified atom stereocenters. The quantitative estimate of drug-likeness (QED) is 0.596. The monoisotopic (exact) mass is 306 g/mol. The maximum atomic E-state index is 6.21. The van der Waals surface area contributed by atoms with Crippen LogP contribution in [0.2, 0.25) is 5.02 Å². The van der Waals surface area contributed by atoms with E-state index in [1.54, 1.807) is 0 Å². The van der Waals surface area contributed by atoms with Gasteiger partial charge in [0.2, 0.25) is 0 Å². The first-order valence-corrected chi connectivity index (χ1v) is 7.66. The number of alkyl halides is 2. The van der Waals surface area contributed by atoms with E-state index in [-0.39, 0.29) is 10.8 Å². The van der Waals surface area contributed by atoms with Gasteiger partial charge in [-0.1, -0.05) is 44.5 Å². The van der Waals surface area contributed by atoms with Crippen LogP contribution in [-0.2, 0) is 5.41 Å². The van der Waals surface area contributed by atoms with Gasteiger partial charge in [0.1, 0.15) is 0 Å². The Labute approximate surface area is 126 Å². The fourth-order valence-electron chi connectivity index (χ4n) is 1.90. The van der Waals surface area contributed by atoms with Crippen LogP contribution in [0.4, 0.5) is 0 Å². The average Bonchev–Trinajstić information content (AvgIpc) is 2.30. The maximum Gasteiger partial charge on any atom is 0.0408 e. The van der Waals surface area contributed by atoms with Crippen molar-refractivity contribution in [3.8, 4) is 0 Å². The zero-order chi connectivity index (χ0) is 13.8. The van der Waals surface area contributed by atoms with Gasteiger partial charge in [-0.3, -0.25) is 0 Å². The maximum absolute atomic E-state index is 6.21.